The molecule has 1 saturated heterocycles. The second kappa shape index (κ2) is 5.27. The number of phenols is 1. The lowest BCUT2D eigenvalue weighted by Crippen LogP contribution is -2.51. The second-order valence-electron chi connectivity index (χ2n) is 4.49. The highest BCUT2D eigenvalue weighted by Crippen LogP contribution is 2.26. The zero-order chi connectivity index (χ0) is 13.1. The third-order valence-corrected chi connectivity index (χ3v) is 3.08. The standard InChI is InChI=1S/C13H18N2O3/c1-9-8-15(6-5-14-9)13(17)10-3-4-12(18-2)11(16)7-10/h3-4,7,9,14,16H,5-6,8H2,1-2H3/t9-/m1/s1. The van der Waals surface area contributed by atoms with Crippen molar-refractivity contribution in [2.24, 2.45) is 0 Å². The van der Waals surface area contributed by atoms with Crippen molar-refractivity contribution in [1.29, 1.82) is 0 Å². The first-order valence-electron chi connectivity index (χ1n) is 6.01. The fraction of sp³-hybridized carbons (Fsp3) is 0.462. The molecular formula is C13H18N2O3. The lowest BCUT2D eigenvalue weighted by molar-refractivity contribution is 0.0708. The number of piperazine rings is 1. The monoisotopic (exact) mass is 250 g/mol. The van der Waals surface area contributed by atoms with Gasteiger partial charge in [0, 0.05) is 31.2 Å². The Hall–Kier alpha value is -1.75. The van der Waals surface area contributed by atoms with E-state index >= 15 is 0 Å². The van der Waals surface area contributed by atoms with Gasteiger partial charge in [-0.25, -0.2) is 0 Å². The van der Waals surface area contributed by atoms with Crippen LogP contribution in [0.15, 0.2) is 18.2 Å². The number of hydrogen-bond donors (Lipinski definition) is 2. The predicted octanol–water partition coefficient (Wildman–Crippen LogP) is 0.835. The van der Waals surface area contributed by atoms with Gasteiger partial charge in [-0.1, -0.05) is 0 Å². The maximum atomic E-state index is 12.2. The number of rotatable bonds is 2. The molecule has 5 heteroatoms. The normalized spacial score (nSPS) is 19.7. The molecule has 1 aromatic rings. The van der Waals surface area contributed by atoms with E-state index in [2.05, 4.69) is 5.32 Å². The molecular weight excluding hydrogens is 232 g/mol. The maximum Gasteiger partial charge on any atom is 0.254 e. The van der Waals surface area contributed by atoms with Gasteiger partial charge in [-0.3, -0.25) is 4.79 Å². The van der Waals surface area contributed by atoms with Gasteiger partial charge in [-0.2, -0.15) is 0 Å². The molecule has 18 heavy (non-hydrogen) atoms. The molecule has 1 aliphatic rings. The topological polar surface area (TPSA) is 61.8 Å². The molecule has 1 fully saturated rings. The summed E-state index contributed by atoms with van der Waals surface area (Å²) in [6, 6.07) is 5.03. The van der Waals surface area contributed by atoms with E-state index in [-0.39, 0.29) is 11.7 Å². The molecule has 0 aromatic heterocycles. The Morgan fingerprint density at radius 2 is 2.33 bits per heavy atom. The summed E-state index contributed by atoms with van der Waals surface area (Å²) in [6.07, 6.45) is 0. The van der Waals surface area contributed by atoms with Crippen molar-refractivity contribution >= 4 is 5.91 Å². The van der Waals surface area contributed by atoms with Crippen LogP contribution < -0.4 is 10.1 Å². The van der Waals surface area contributed by atoms with Crippen molar-refractivity contribution in [3.05, 3.63) is 23.8 Å². The summed E-state index contributed by atoms with van der Waals surface area (Å²) in [5.41, 5.74) is 0.488. The summed E-state index contributed by atoms with van der Waals surface area (Å²) >= 11 is 0. The van der Waals surface area contributed by atoms with Crippen molar-refractivity contribution in [1.82, 2.24) is 10.2 Å². The van der Waals surface area contributed by atoms with Gasteiger partial charge in [-0.15, -0.1) is 0 Å². The van der Waals surface area contributed by atoms with E-state index in [1.54, 1.807) is 17.0 Å². The van der Waals surface area contributed by atoms with Gasteiger partial charge in [-0.05, 0) is 25.1 Å². The Kier molecular flexibility index (Phi) is 3.72. The molecule has 1 heterocycles. The Morgan fingerprint density at radius 3 is 2.94 bits per heavy atom. The van der Waals surface area contributed by atoms with Crippen molar-refractivity contribution in [2.75, 3.05) is 26.7 Å². The van der Waals surface area contributed by atoms with Gasteiger partial charge in [0.15, 0.2) is 11.5 Å². The van der Waals surface area contributed by atoms with E-state index in [9.17, 15) is 9.90 Å². The van der Waals surface area contributed by atoms with Crippen molar-refractivity contribution in [2.45, 2.75) is 13.0 Å². The van der Waals surface area contributed by atoms with E-state index < -0.39 is 0 Å². The summed E-state index contributed by atoms with van der Waals surface area (Å²) in [4.78, 5) is 14.0. The summed E-state index contributed by atoms with van der Waals surface area (Å²) in [5.74, 6) is 0.313. The number of ether oxygens (including phenoxy) is 1. The Labute approximate surface area is 106 Å². The lowest BCUT2D eigenvalue weighted by Gasteiger charge is -2.32. The number of amides is 1. The van der Waals surface area contributed by atoms with Crippen LogP contribution in [-0.2, 0) is 0 Å². The minimum absolute atomic E-state index is 0.00784. The molecule has 0 spiro atoms. The van der Waals surface area contributed by atoms with E-state index in [1.807, 2.05) is 6.92 Å². The summed E-state index contributed by atoms with van der Waals surface area (Å²) in [6.45, 7) is 4.22. The summed E-state index contributed by atoms with van der Waals surface area (Å²) in [7, 11) is 1.48. The molecule has 0 unspecified atom stereocenters. The Bertz CT molecular complexity index is 448. The minimum Gasteiger partial charge on any atom is -0.504 e. The van der Waals surface area contributed by atoms with Gasteiger partial charge in [0.05, 0.1) is 7.11 Å². The van der Waals surface area contributed by atoms with Crippen LogP contribution in [0.4, 0.5) is 0 Å². The zero-order valence-electron chi connectivity index (χ0n) is 10.6. The molecule has 1 aliphatic heterocycles. The average Bonchev–Trinajstić information content (AvgIpc) is 2.37. The summed E-state index contributed by atoms with van der Waals surface area (Å²) < 4.78 is 4.96. The van der Waals surface area contributed by atoms with Crippen LogP contribution in [0.25, 0.3) is 0 Å². The molecule has 0 aliphatic carbocycles. The van der Waals surface area contributed by atoms with Gasteiger partial charge >= 0.3 is 0 Å². The van der Waals surface area contributed by atoms with Crippen molar-refractivity contribution in [3.63, 3.8) is 0 Å². The molecule has 1 aromatic carbocycles. The molecule has 98 valence electrons. The number of nitrogens with zero attached hydrogens (tertiary/aromatic N) is 1. The highest BCUT2D eigenvalue weighted by atomic mass is 16.5. The Balaban J connectivity index is 2.15. The van der Waals surface area contributed by atoms with Gasteiger partial charge in [0.25, 0.3) is 5.91 Å². The van der Waals surface area contributed by atoms with Crippen LogP contribution in [0.3, 0.4) is 0 Å². The number of hydrogen-bond acceptors (Lipinski definition) is 4. The molecule has 2 N–H and O–H groups in total. The highest BCUT2D eigenvalue weighted by Gasteiger charge is 2.22. The molecule has 2 rings (SSSR count). The quantitative estimate of drug-likeness (QED) is 0.816. The van der Waals surface area contributed by atoms with Crippen LogP contribution in [0, 0.1) is 0 Å². The van der Waals surface area contributed by atoms with Gasteiger partial charge in [0.1, 0.15) is 0 Å². The van der Waals surface area contributed by atoms with Crippen LogP contribution in [0.5, 0.6) is 11.5 Å². The molecule has 5 nitrogen and oxygen atoms in total. The molecule has 1 amide bonds. The molecule has 0 radical (unpaired) electrons. The molecule has 0 bridgehead atoms. The van der Waals surface area contributed by atoms with E-state index in [4.69, 9.17) is 4.74 Å². The maximum absolute atomic E-state index is 12.2. The third kappa shape index (κ3) is 2.56. The second-order valence-corrected chi connectivity index (χ2v) is 4.49. The number of methoxy groups -OCH3 is 1. The van der Waals surface area contributed by atoms with E-state index in [0.717, 1.165) is 6.54 Å². The van der Waals surface area contributed by atoms with Gasteiger partial charge < -0.3 is 20.1 Å². The van der Waals surface area contributed by atoms with Crippen LogP contribution in [-0.4, -0.2) is 48.7 Å². The largest absolute Gasteiger partial charge is 0.504 e. The van der Waals surface area contributed by atoms with Crippen LogP contribution in [0.1, 0.15) is 17.3 Å². The van der Waals surface area contributed by atoms with E-state index in [1.165, 1.54) is 13.2 Å². The van der Waals surface area contributed by atoms with Gasteiger partial charge in [0.2, 0.25) is 0 Å². The van der Waals surface area contributed by atoms with E-state index in [0.29, 0.717) is 30.4 Å². The zero-order valence-corrected chi connectivity index (χ0v) is 10.6. The number of phenolic OH excluding ortho intramolecular Hbond substituents is 1. The number of aromatic hydroxyl groups is 1. The minimum atomic E-state index is -0.0543. The third-order valence-electron chi connectivity index (χ3n) is 3.08. The number of carbonyl (C=O) groups excluding carboxylic acids is 1. The lowest BCUT2D eigenvalue weighted by atomic mass is 10.1. The van der Waals surface area contributed by atoms with Crippen LogP contribution >= 0.6 is 0 Å². The number of nitrogens with one attached hydrogen (secondary N) is 1. The van der Waals surface area contributed by atoms with Crippen molar-refractivity contribution < 1.29 is 14.6 Å². The highest BCUT2D eigenvalue weighted by molar-refractivity contribution is 5.95. The number of benzene rings is 1. The van der Waals surface area contributed by atoms with Crippen molar-refractivity contribution in [3.8, 4) is 11.5 Å². The van der Waals surface area contributed by atoms with Crippen LogP contribution in [0.2, 0.25) is 0 Å². The SMILES string of the molecule is COc1ccc(C(=O)N2CCN[C@H](C)C2)cc1O. The smallest absolute Gasteiger partial charge is 0.254 e. The first kappa shape index (κ1) is 12.7. The molecule has 0 saturated carbocycles. The fourth-order valence-corrected chi connectivity index (χ4v) is 2.12. The first-order valence-corrected chi connectivity index (χ1v) is 6.01. The first-order chi connectivity index (χ1) is 8.61. The summed E-state index contributed by atoms with van der Waals surface area (Å²) in [5, 5.41) is 13.0. The average molecular weight is 250 g/mol. The predicted molar refractivity (Wildman–Crippen MR) is 68.0 cm³/mol. The Morgan fingerprint density at radius 1 is 1.56 bits per heavy atom. The fourth-order valence-electron chi connectivity index (χ4n) is 2.12. The molecule has 1 atom stereocenters. The number of carbonyl (C=O) groups is 1.